The Morgan fingerprint density at radius 1 is 1.26 bits per heavy atom. The summed E-state index contributed by atoms with van der Waals surface area (Å²) >= 11 is 6.06. The van der Waals surface area contributed by atoms with Gasteiger partial charge >= 0.3 is 0 Å². The van der Waals surface area contributed by atoms with Crippen LogP contribution >= 0.6 is 11.6 Å². The number of aromatic nitrogens is 3. The Morgan fingerprint density at radius 3 is 2.87 bits per heavy atom. The van der Waals surface area contributed by atoms with Crippen LogP contribution in [0.1, 0.15) is 49.8 Å². The number of pyridine rings is 1. The van der Waals surface area contributed by atoms with Gasteiger partial charge in [0.05, 0.1) is 11.7 Å². The summed E-state index contributed by atoms with van der Waals surface area (Å²) in [6, 6.07) is 6.19. The number of hydrogen-bond donors (Lipinski definition) is 3. The molecule has 3 N–H and O–H groups in total. The number of anilines is 2. The van der Waals surface area contributed by atoms with Crippen molar-refractivity contribution >= 4 is 23.1 Å². The van der Waals surface area contributed by atoms with E-state index in [1.54, 1.807) is 18.6 Å². The molecule has 0 bridgehead atoms. The molecular formula is C23H25ClFN5O. The van der Waals surface area contributed by atoms with Crippen LogP contribution in [-0.4, -0.2) is 32.7 Å². The molecule has 1 aliphatic heterocycles. The van der Waals surface area contributed by atoms with E-state index in [0.29, 0.717) is 17.3 Å². The molecule has 2 atom stereocenters. The zero-order valence-corrected chi connectivity index (χ0v) is 18.2. The number of aliphatic hydroxyl groups is 1. The van der Waals surface area contributed by atoms with Crippen molar-refractivity contribution in [2.75, 3.05) is 11.9 Å². The topological polar surface area (TPSA) is 83.0 Å². The predicted octanol–water partition coefficient (Wildman–Crippen LogP) is 4.98. The summed E-state index contributed by atoms with van der Waals surface area (Å²) < 4.78 is 14.4. The molecule has 1 fully saturated rings. The van der Waals surface area contributed by atoms with Crippen LogP contribution < -0.4 is 10.6 Å². The molecule has 0 amide bonds. The first-order valence-corrected chi connectivity index (χ1v) is 10.7. The van der Waals surface area contributed by atoms with Crippen molar-refractivity contribution in [2.45, 2.75) is 44.8 Å². The zero-order chi connectivity index (χ0) is 22.0. The summed E-state index contributed by atoms with van der Waals surface area (Å²) in [6.07, 6.45) is 6.23. The molecular weight excluding hydrogens is 417 g/mol. The highest BCUT2D eigenvalue weighted by molar-refractivity contribution is 6.30. The number of rotatable bonds is 5. The van der Waals surface area contributed by atoms with Crippen molar-refractivity contribution in [3.8, 4) is 11.4 Å². The van der Waals surface area contributed by atoms with Gasteiger partial charge in [0.2, 0.25) is 0 Å². The summed E-state index contributed by atoms with van der Waals surface area (Å²) in [7, 11) is 0. The molecule has 3 aromatic rings. The Bertz CT molecular complexity index is 1080. The molecule has 0 spiro atoms. The smallest absolute Gasteiger partial charge is 0.164 e. The van der Waals surface area contributed by atoms with Crippen LogP contribution in [0.3, 0.4) is 0 Å². The zero-order valence-electron chi connectivity index (χ0n) is 17.4. The molecule has 162 valence electrons. The Labute approximate surface area is 185 Å². The first kappa shape index (κ1) is 21.6. The highest BCUT2D eigenvalue weighted by Gasteiger charge is 2.24. The summed E-state index contributed by atoms with van der Waals surface area (Å²) in [5.74, 6) is 0.579. The van der Waals surface area contributed by atoms with Gasteiger partial charge in [-0.15, -0.1) is 0 Å². The van der Waals surface area contributed by atoms with Gasteiger partial charge in [0, 0.05) is 46.5 Å². The summed E-state index contributed by atoms with van der Waals surface area (Å²) in [6.45, 7) is 4.84. The van der Waals surface area contributed by atoms with Crippen LogP contribution in [-0.2, 0) is 0 Å². The fourth-order valence-corrected chi connectivity index (χ4v) is 3.94. The summed E-state index contributed by atoms with van der Waals surface area (Å²) in [5, 5.41) is 17.4. The van der Waals surface area contributed by atoms with Gasteiger partial charge in [0.15, 0.2) is 5.82 Å². The molecule has 8 heteroatoms. The molecule has 1 saturated heterocycles. The van der Waals surface area contributed by atoms with Crippen molar-refractivity contribution in [3.05, 3.63) is 64.8 Å². The summed E-state index contributed by atoms with van der Waals surface area (Å²) in [5.41, 5.74) is 2.94. The Morgan fingerprint density at radius 2 is 2.10 bits per heavy atom. The van der Waals surface area contributed by atoms with Gasteiger partial charge in [-0.05, 0) is 49.6 Å². The van der Waals surface area contributed by atoms with E-state index in [-0.39, 0.29) is 29.5 Å². The third-order valence-electron chi connectivity index (χ3n) is 5.46. The molecule has 3 heterocycles. The molecule has 1 aromatic carbocycles. The second-order valence-corrected chi connectivity index (χ2v) is 8.49. The van der Waals surface area contributed by atoms with Gasteiger partial charge in [-0.25, -0.2) is 14.4 Å². The molecule has 2 aromatic heterocycles. The molecule has 0 radical (unpaired) electrons. The van der Waals surface area contributed by atoms with Crippen molar-refractivity contribution in [1.82, 2.24) is 20.3 Å². The van der Waals surface area contributed by atoms with Crippen molar-refractivity contribution in [2.24, 2.45) is 0 Å². The lowest BCUT2D eigenvalue weighted by Crippen LogP contribution is -2.34. The van der Waals surface area contributed by atoms with Gasteiger partial charge in [-0.2, -0.15) is 0 Å². The Balaban J connectivity index is 1.74. The maximum absolute atomic E-state index is 14.4. The lowest BCUT2D eigenvalue weighted by atomic mass is 9.95. The Hall–Kier alpha value is -2.61. The number of benzene rings is 1. The van der Waals surface area contributed by atoms with E-state index < -0.39 is 5.82 Å². The van der Waals surface area contributed by atoms with E-state index in [1.165, 1.54) is 18.2 Å². The number of hydrogen-bond acceptors (Lipinski definition) is 6. The Kier molecular flexibility index (Phi) is 6.46. The molecule has 0 saturated carbocycles. The highest BCUT2D eigenvalue weighted by Crippen LogP contribution is 2.33. The van der Waals surface area contributed by atoms with E-state index in [2.05, 4.69) is 39.4 Å². The van der Waals surface area contributed by atoms with Gasteiger partial charge < -0.3 is 15.7 Å². The van der Waals surface area contributed by atoms with E-state index in [9.17, 15) is 9.50 Å². The standard InChI is InChI=1S/C23H25ClFN5O/c1-13(2)17-12-28-22(16-9-14(24)3-4-19(16)25)30-23(17)29-20-6-7-26-11-18(20)21-10-15(31)5-8-27-21/h3-4,6-7,9,11-13,15,21,27,31H,5,8,10H2,1-2H3,(H,26,28,29,30). The average Bonchev–Trinajstić information content (AvgIpc) is 2.75. The molecule has 4 rings (SSSR count). The fraction of sp³-hybridized carbons (Fsp3) is 0.348. The molecule has 0 aliphatic carbocycles. The molecule has 1 aliphatic rings. The van der Waals surface area contributed by atoms with Crippen LogP contribution in [0, 0.1) is 5.82 Å². The van der Waals surface area contributed by atoms with E-state index in [4.69, 9.17) is 11.6 Å². The number of halogens is 2. The summed E-state index contributed by atoms with van der Waals surface area (Å²) in [4.78, 5) is 13.3. The van der Waals surface area contributed by atoms with Crippen LogP contribution in [0.5, 0.6) is 0 Å². The maximum Gasteiger partial charge on any atom is 0.164 e. The first-order chi connectivity index (χ1) is 14.9. The minimum atomic E-state index is -0.433. The minimum absolute atomic E-state index is 0.0193. The third kappa shape index (κ3) is 4.84. The second kappa shape index (κ2) is 9.26. The van der Waals surface area contributed by atoms with E-state index in [0.717, 1.165) is 29.8 Å². The average molecular weight is 442 g/mol. The third-order valence-corrected chi connectivity index (χ3v) is 5.70. The van der Waals surface area contributed by atoms with Gasteiger partial charge in [-0.1, -0.05) is 25.4 Å². The maximum atomic E-state index is 14.4. The SMILES string of the molecule is CC(C)c1cnc(-c2cc(Cl)ccc2F)nc1Nc1ccncc1C1CC(O)CCN1. The van der Waals surface area contributed by atoms with E-state index in [1.807, 2.05) is 6.07 Å². The van der Waals surface area contributed by atoms with E-state index >= 15 is 0 Å². The first-order valence-electron chi connectivity index (χ1n) is 10.4. The molecule has 31 heavy (non-hydrogen) atoms. The van der Waals surface area contributed by atoms with Crippen molar-refractivity contribution < 1.29 is 9.50 Å². The molecule has 6 nitrogen and oxygen atoms in total. The monoisotopic (exact) mass is 441 g/mol. The predicted molar refractivity (Wildman–Crippen MR) is 120 cm³/mol. The van der Waals surface area contributed by atoms with Gasteiger partial charge in [-0.3, -0.25) is 4.98 Å². The van der Waals surface area contributed by atoms with Crippen LogP contribution in [0.2, 0.25) is 5.02 Å². The second-order valence-electron chi connectivity index (χ2n) is 8.05. The number of nitrogens with one attached hydrogen (secondary N) is 2. The van der Waals surface area contributed by atoms with Crippen LogP contribution in [0.4, 0.5) is 15.9 Å². The van der Waals surface area contributed by atoms with Gasteiger partial charge in [0.1, 0.15) is 11.6 Å². The lowest BCUT2D eigenvalue weighted by molar-refractivity contribution is 0.117. The quantitative estimate of drug-likeness (QED) is 0.517. The van der Waals surface area contributed by atoms with Crippen LogP contribution in [0.25, 0.3) is 11.4 Å². The lowest BCUT2D eigenvalue weighted by Gasteiger charge is -2.29. The molecule has 2 unspecified atom stereocenters. The fourth-order valence-electron chi connectivity index (χ4n) is 3.77. The van der Waals surface area contributed by atoms with Crippen molar-refractivity contribution in [3.63, 3.8) is 0 Å². The number of aliphatic hydroxyl groups excluding tert-OH is 1. The minimum Gasteiger partial charge on any atom is -0.393 e. The van der Waals surface area contributed by atoms with Crippen molar-refractivity contribution in [1.29, 1.82) is 0 Å². The number of piperidine rings is 1. The largest absolute Gasteiger partial charge is 0.393 e. The number of nitrogens with zero attached hydrogens (tertiary/aromatic N) is 3. The van der Waals surface area contributed by atoms with Crippen LogP contribution in [0.15, 0.2) is 42.9 Å². The highest BCUT2D eigenvalue weighted by atomic mass is 35.5. The van der Waals surface area contributed by atoms with Gasteiger partial charge in [0.25, 0.3) is 0 Å². The normalized spacial score (nSPS) is 18.9.